The van der Waals surface area contributed by atoms with Crippen molar-refractivity contribution >= 4 is 35.8 Å². The highest BCUT2D eigenvalue weighted by molar-refractivity contribution is 6.05. The van der Waals surface area contributed by atoms with Crippen molar-refractivity contribution in [2.75, 3.05) is 25.6 Å². The number of amides is 2. The molecule has 0 aliphatic heterocycles. The Morgan fingerprint density at radius 2 is 1.52 bits per heavy atom. The van der Waals surface area contributed by atoms with Gasteiger partial charge in [-0.2, -0.15) is 5.10 Å². The number of halogens is 1. The first kappa shape index (κ1) is 31.2. The number of benzene rings is 4. The highest BCUT2D eigenvalue weighted by Gasteiger charge is 2.16. The van der Waals surface area contributed by atoms with E-state index in [9.17, 15) is 18.8 Å². The van der Waals surface area contributed by atoms with Crippen LogP contribution in [-0.2, 0) is 4.79 Å². The Bertz CT molecular complexity index is 1670. The van der Waals surface area contributed by atoms with Crippen molar-refractivity contribution in [2.24, 2.45) is 5.10 Å². The summed E-state index contributed by atoms with van der Waals surface area (Å²) in [5.74, 6) is -1.79. The van der Waals surface area contributed by atoms with E-state index in [-0.39, 0.29) is 22.8 Å². The average Bonchev–Trinajstić information content (AvgIpc) is 3.03. The van der Waals surface area contributed by atoms with E-state index in [0.29, 0.717) is 23.3 Å². The van der Waals surface area contributed by atoms with Gasteiger partial charge in [0.05, 0.1) is 18.4 Å². The fraction of sp³-hybridized carbons (Fsp3) is 0.118. The van der Waals surface area contributed by atoms with Gasteiger partial charge in [-0.25, -0.2) is 14.6 Å². The number of esters is 1. The van der Waals surface area contributed by atoms with Gasteiger partial charge in [0.2, 0.25) is 0 Å². The molecule has 0 unspecified atom stereocenters. The number of hydrogen-bond acceptors (Lipinski definition) is 7. The van der Waals surface area contributed by atoms with Crippen molar-refractivity contribution in [1.82, 2.24) is 10.7 Å². The van der Waals surface area contributed by atoms with Gasteiger partial charge in [0.1, 0.15) is 11.5 Å². The van der Waals surface area contributed by atoms with E-state index < -0.39 is 23.6 Å². The first-order valence-electron chi connectivity index (χ1n) is 13.7. The second-order valence-electron chi connectivity index (χ2n) is 9.60. The summed E-state index contributed by atoms with van der Waals surface area (Å²) in [4.78, 5) is 40.5. The lowest BCUT2D eigenvalue weighted by atomic mass is 10.1. The van der Waals surface area contributed by atoms with Crippen LogP contribution >= 0.6 is 0 Å². The van der Waals surface area contributed by atoms with E-state index in [1.807, 2.05) is 43.3 Å². The van der Waals surface area contributed by atoms with Gasteiger partial charge in [0.15, 0.2) is 11.5 Å². The van der Waals surface area contributed by atoms with Crippen molar-refractivity contribution in [2.45, 2.75) is 6.92 Å². The molecule has 10 heteroatoms. The molecule has 0 saturated carbocycles. The molecule has 2 N–H and O–H groups in total. The maximum atomic E-state index is 13.2. The maximum absolute atomic E-state index is 13.2. The summed E-state index contributed by atoms with van der Waals surface area (Å²) in [6.45, 7) is 2.07. The van der Waals surface area contributed by atoms with Crippen LogP contribution in [0.2, 0.25) is 0 Å². The quantitative estimate of drug-likeness (QED) is 0.0788. The molecule has 0 aliphatic carbocycles. The van der Waals surface area contributed by atoms with Gasteiger partial charge in [0, 0.05) is 25.3 Å². The monoisotopic (exact) mass is 594 g/mol. The van der Waals surface area contributed by atoms with Crippen molar-refractivity contribution in [3.8, 4) is 11.5 Å². The molecule has 0 bridgehead atoms. The molecule has 0 radical (unpaired) electrons. The van der Waals surface area contributed by atoms with E-state index in [1.165, 1.54) is 36.5 Å². The van der Waals surface area contributed by atoms with Gasteiger partial charge in [-0.3, -0.25) is 9.59 Å². The molecule has 0 spiro atoms. The van der Waals surface area contributed by atoms with Crippen molar-refractivity contribution in [3.63, 3.8) is 0 Å². The largest absolute Gasteiger partial charge is 0.490 e. The normalized spacial score (nSPS) is 11.1. The van der Waals surface area contributed by atoms with Crippen LogP contribution in [0.5, 0.6) is 11.5 Å². The van der Waals surface area contributed by atoms with E-state index >= 15 is 0 Å². The summed E-state index contributed by atoms with van der Waals surface area (Å²) in [5.41, 5.74) is 5.22. The van der Waals surface area contributed by atoms with E-state index in [4.69, 9.17) is 9.47 Å². The van der Waals surface area contributed by atoms with Crippen molar-refractivity contribution < 1.29 is 28.2 Å². The Kier molecular flexibility index (Phi) is 10.6. The first-order valence-corrected chi connectivity index (χ1v) is 13.7. The van der Waals surface area contributed by atoms with Gasteiger partial charge in [-0.15, -0.1) is 0 Å². The Morgan fingerprint density at radius 1 is 0.841 bits per heavy atom. The molecule has 4 rings (SSSR count). The Balaban J connectivity index is 1.50. The van der Waals surface area contributed by atoms with Crippen LogP contribution in [0.3, 0.4) is 0 Å². The summed E-state index contributed by atoms with van der Waals surface area (Å²) in [6, 6.07) is 25.7. The SMILES string of the molecule is CCOc1cc(C=NNC(=O)C(=Cc2ccc(N(C)C)cc2)NC(=O)c2ccccc2)ccc1OC(=O)c1ccc(F)cc1. The topological polar surface area (TPSA) is 109 Å². The molecular weight excluding hydrogens is 563 g/mol. The molecule has 2 amide bonds. The zero-order valence-electron chi connectivity index (χ0n) is 24.4. The third-order valence-corrected chi connectivity index (χ3v) is 6.18. The molecule has 4 aromatic carbocycles. The average molecular weight is 595 g/mol. The smallest absolute Gasteiger partial charge is 0.343 e. The number of hydrazone groups is 1. The Labute approximate surface area is 254 Å². The van der Waals surface area contributed by atoms with Crippen LogP contribution in [0, 0.1) is 5.82 Å². The molecule has 224 valence electrons. The van der Waals surface area contributed by atoms with Gasteiger partial charge in [-0.1, -0.05) is 30.3 Å². The molecule has 0 aromatic heterocycles. The zero-order valence-corrected chi connectivity index (χ0v) is 24.4. The van der Waals surface area contributed by atoms with Crippen LogP contribution in [0.4, 0.5) is 10.1 Å². The molecule has 0 fully saturated rings. The number of rotatable bonds is 11. The fourth-order valence-electron chi connectivity index (χ4n) is 3.91. The minimum Gasteiger partial charge on any atom is -0.490 e. The lowest BCUT2D eigenvalue weighted by molar-refractivity contribution is -0.117. The molecule has 9 nitrogen and oxygen atoms in total. The molecule has 0 saturated heterocycles. The minimum absolute atomic E-state index is 0.00772. The van der Waals surface area contributed by atoms with Gasteiger partial charge in [-0.05, 0) is 90.9 Å². The summed E-state index contributed by atoms with van der Waals surface area (Å²) < 4.78 is 24.3. The number of anilines is 1. The third-order valence-electron chi connectivity index (χ3n) is 6.18. The van der Waals surface area contributed by atoms with Crippen LogP contribution in [0.25, 0.3) is 6.08 Å². The molecule has 0 heterocycles. The summed E-state index contributed by atoms with van der Waals surface area (Å²) >= 11 is 0. The number of ether oxygens (including phenoxy) is 2. The highest BCUT2D eigenvalue weighted by Crippen LogP contribution is 2.29. The molecule has 4 aromatic rings. The van der Waals surface area contributed by atoms with Crippen LogP contribution < -0.4 is 25.1 Å². The van der Waals surface area contributed by atoms with Crippen molar-refractivity contribution in [1.29, 1.82) is 0 Å². The lowest BCUT2D eigenvalue weighted by Gasteiger charge is -2.13. The van der Waals surface area contributed by atoms with Gasteiger partial charge >= 0.3 is 5.97 Å². The predicted molar refractivity (Wildman–Crippen MR) is 167 cm³/mol. The van der Waals surface area contributed by atoms with Gasteiger partial charge in [0.25, 0.3) is 11.8 Å². The van der Waals surface area contributed by atoms with E-state index in [2.05, 4.69) is 15.8 Å². The second-order valence-corrected chi connectivity index (χ2v) is 9.60. The highest BCUT2D eigenvalue weighted by atomic mass is 19.1. The summed E-state index contributed by atoms with van der Waals surface area (Å²) in [7, 11) is 3.85. The first-order chi connectivity index (χ1) is 21.2. The number of nitrogens with one attached hydrogen (secondary N) is 2. The second kappa shape index (κ2) is 14.9. The molecule has 0 aliphatic rings. The summed E-state index contributed by atoms with van der Waals surface area (Å²) in [6.07, 6.45) is 2.94. The molecule has 0 atom stereocenters. The Morgan fingerprint density at radius 3 is 2.18 bits per heavy atom. The predicted octanol–water partition coefficient (Wildman–Crippen LogP) is 5.43. The number of nitrogens with zero attached hydrogens (tertiary/aromatic N) is 2. The lowest BCUT2D eigenvalue weighted by Crippen LogP contribution is -2.32. The number of hydrogen-bond donors (Lipinski definition) is 2. The maximum Gasteiger partial charge on any atom is 0.343 e. The van der Waals surface area contributed by atoms with E-state index in [1.54, 1.807) is 55.5 Å². The molecular formula is C34H31FN4O5. The van der Waals surface area contributed by atoms with Crippen LogP contribution in [-0.4, -0.2) is 44.7 Å². The Hall–Kier alpha value is -5.77. The number of carbonyl (C=O) groups excluding carboxylic acids is 3. The van der Waals surface area contributed by atoms with Gasteiger partial charge < -0.3 is 19.7 Å². The summed E-state index contributed by atoms with van der Waals surface area (Å²) in [5, 5.41) is 6.72. The van der Waals surface area contributed by atoms with Crippen LogP contribution in [0.1, 0.15) is 38.8 Å². The van der Waals surface area contributed by atoms with E-state index in [0.717, 1.165) is 5.69 Å². The fourth-order valence-corrected chi connectivity index (χ4v) is 3.91. The standard InChI is InChI=1S/C34H31FN4O5/c1-4-43-31-21-24(12-19-30(31)44-34(42)26-13-15-27(35)16-14-26)22-36-38-33(41)29(37-32(40)25-8-6-5-7-9-25)20-23-10-17-28(18-11-23)39(2)3/h5-22H,4H2,1-3H3,(H,37,40)(H,38,41). The third kappa shape index (κ3) is 8.62. The molecule has 44 heavy (non-hydrogen) atoms. The zero-order chi connectivity index (χ0) is 31.5. The van der Waals surface area contributed by atoms with Crippen LogP contribution in [0.15, 0.2) is 108 Å². The minimum atomic E-state index is -0.673. The van der Waals surface area contributed by atoms with Crippen molar-refractivity contribution in [3.05, 3.63) is 131 Å². The number of carbonyl (C=O) groups is 3.